The summed E-state index contributed by atoms with van der Waals surface area (Å²) >= 11 is 0. The average Bonchev–Trinajstić information content (AvgIpc) is 3.16. The first kappa shape index (κ1) is 52.9. The van der Waals surface area contributed by atoms with Crippen molar-refractivity contribution in [3.8, 4) is 0 Å². The van der Waals surface area contributed by atoms with Gasteiger partial charge in [-0.1, -0.05) is 187 Å². The Hall–Kier alpha value is -1.16. The summed E-state index contributed by atoms with van der Waals surface area (Å²) in [5, 5.41) is 44.6. The van der Waals surface area contributed by atoms with Crippen molar-refractivity contribution in [1.29, 1.82) is 0 Å². The molecule has 1 aliphatic rings. The minimum Gasteiger partial charge on any atom is -0.394 e. The Labute approximate surface area is 340 Å². The van der Waals surface area contributed by atoms with Gasteiger partial charge in [0.2, 0.25) is 5.91 Å². The number of nitrogens with one attached hydrogen (secondary N) is 1. The number of hydrogen-bond acceptors (Lipinski definition) is 10. The van der Waals surface area contributed by atoms with E-state index in [1.807, 2.05) is 6.08 Å². The first-order valence-corrected chi connectivity index (χ1v) is 23.9. The molecule has 1 amide bonds. The predicted molar refractivity (Wildman–Crippen MR) is 222 cm³/mol. The predicted octanol–water partition coefficient (Wildman–Crippen LogP) is 8.38. The highest BCUT2D eigenvalue weighted by molar-refractivity contribution is 7.80. The van der Waals surface area contributed by atoms with Crippen molar-refractivity contribution in [2.45, 2.75) is 243 Å². The van der Waals surface area contributed by atoms with Crippen molar-refractivity contribution >= 4 is 16.3 Å². The van der Waals surface area contributed by atoms with Crippen molar-refractivity contribution < 1.29 is 51.8 Å². The number of carbonyl (C=O) groups excluding carboxylic acids is 1. The molecular formula is C43H83NO11S. The second-order valence-electron chi connectivity index (χ2n) is 16.0. The Morgan fingerprint density at radius 1 is 0.696 bits per heavy atom. The highest BCUT2D eigenvalue weighted by atomic mass is 32.3. The molecule has 1 heterocycles. The maximum absolute atomic E-state index is 13.0. The van der Waals surface area contributed by atoms with E-state index >= 15 is 0 Å². The standard InChI is InChI=1S/C43H83NO11S/c1-3-5-7-9-11-13-15-17-18-19-20-21-22-24-26-28-30-32-37(46)36(44-39(47)33-31-29-27-25-23-16-14-12-10-8-6-4-2)35-53-43-41(49)42(55-56(50,51)52)40(48)38(34-45)54-43/h30,32,36-38,40-43,45-46,48-49H,3-29,31,33-35H2,1-2H3,(H,44,47)(H,50,51,52)/b32-30+. The molecule has 12 nitrogen and oxygen atoms in total. The van der Waals surface area contributed by atoms with Gasteiger partial charge in [0.25, 0.3) is 0 Å². The zero-order valence-corrected chi connectivity index (χ0v) is 36.0. The number of ether oxygens (including phenoxy) is 2. The fourth-order valence-electron chi connectivity index (χ4n) is 7.28. The van der Waals surface area contributed by atoms with Crippen LogP contribution < -0.4 is 5.32 Å². The van der Waals surface area contributed by atoms with Crippen molar-refractivity contribution in [1.82, 2.24) is 5.32 Å². The zero-order valence-electron chi connectivity index (χ0n) is 35.2. The van der Waals surface area contributed by atoms with E-state index < -0.39 is 59.9 Å². The van der Waals surface area contributed by atoms with Crippen LogP contribution in [0, 0.1) is 0 Å². The minimum atomic E-state index is -5.08. The molecule has 0 aromatic rings. The van der Waals surface area contributed by atoms with Crippen LogP contribution in [0.25, 0.3) is 0 Å². The Kier molecular flexibility index (Phi) is 32.7. The van der Waals surface area contributed by atoms with Crippen molar-refractivity contribution in [2.24, 2.45) is 0 Å². The molecule has 0 aliphatic carbocycles. The van der Waals surface area contributed by atoms with Crippen molar-refractivity contribution in [2.75, 3.05) is 13.2 Å². The van der Waals surface area contributed by atoms with Gasteiger partial charge in [0.05, 0.1) is 25.4 Å². The fraction of sp³-hybridized carbons (Fsp3) is 0.930. The number of allylic oxidation sites excluding steroid dienone is 1. The molecule has 0 bridgehead atoms. The molecule has 0 saturated carbocycles. The van der Waals surface area contributed by atoms with Gasteiger partial charge >= 0.3 is 10.4 Å². The largest absolute Gasteiger partial charge is 0.397 e. The van der Waals surface area contributed by atoms with Crippen LogP contribution in [0.3, 0.4) is 0 Å². The van der Waals surface area contributed by atoms with Crippen LogP contribution in [-0.2, 0) is 28.9 Å². The Balaban J connectivity index is 2.54. The lowest BCUT2D eigenvalue weighted by Gasteiger charge is -2.41. The van der Waals surface area contributed by atoms with Gasteiger partial charge in [-0.05, 0) is 19.3 Å². The van der Waals surface area contributed by atoms with E-state index in [4.69, 9.17) is 14.0 Å². The number of carbonyl (C=O) groups is 1. The molecular weight excluding hydrogens is 739 g/mol. The van der Waals surface area contributed by atoms with Crippen molar-refractivity contribution in [3.63, 3.8) is 0 Å². The molecule has 1 fully saturated rings. The van der Waals surface area contributed by atoms with Crippen LogP contribution in [0.4, 0.5) is 0 Å². The molecule has 7 unspecified atom stereocenters. The van der Waals surface area contributed by atoms with Gasteiger partial charge in [0.1, 0.15) is 24.4 Å². The van der Waals surface area contributed by atoms with E-state index in [0.29, 0.717) is 6.42 Å². The molecule has 0 spiro atoms. The molecule has 1 rings (SSSR count). The summed E-state index contributed by atoms with van der Waals surface area (Å²) < 4.78 is 47.5. The third-order valence-electron chi connectivity index (χ3n) is 10.8. The highest BCUT2D eigenvalue weighted by Crippen LogP contribution is 2.26. The monoisotopic (exact) mass is 822 g/mol. The Morgan fingerprint density at radius 2 is 1.12 bits per heavy atom. The quantitative estimate of drug-likeness (QED) is 0.0199. The van der Waals surface area contributed by atoms with Crippen molar-refractivity contribution in [3.05, 3.63) is 12.2 Å². The third kappa shape index (κ3) is 27.5. The molecule has 0 aromatic heterocycles. The number of hydrogen-bond donors (Lipinski definition) is 6. The van der Waals surface area contributed by atoms with Gasteiger partial charge in [0.15, 0.2) is 6.29 Å². The maximum atomic E-state index is 13.0. The van der Waals surface area contributed by atoms with Crippen LogP contribution in [0.2, 0.25) is 0 Å². The molecule has 6 N–H and O–H groups in total. The number of unbranched alkanes of at least 4 members (excludes halogenated alkanes) is 26. The second-order valence-corrected chi connectivity index (χ2v) is 17.0. The zero-order chi connectivity index (χ0) is 41.3. The summed E-state index contributed by atoms with van der Waals surface area (Å²) in [5.41, 5.74) is 0. The van der Waals surface area contributed by atoms with E-state index in [0.717, 1.165) is 38.5 Å². The van der Waals surface area contributed by atoms with Gasteiger partial charge in [-0.3, -0.25) is 9.35 Å². The lowest BCUT2D eigenvalue weighted by atomic mass is 9.99. The topological polar surface area (TPSA) is 192 Å². The van der Waals surface area contributed by atoms with Crippen LogP contribution in [0.5, 0.6) is 0 Å². The van der Waals surface area contributed by atoms with Crippen LogP contribution in [-0.4, -0.2) is 95.4 Å². The normalized spacial score (nSPS) is 21.4. The highest BCUT2D eigenvalue weighted by Gasteiger charge is 2.48. The number of aliphatic hydroxyl groups is 4. The summed E-state index contributed by atoms with van der Waals surface area (Å²) in [5.74, 6) is -0.262. The van der Waals surface area contributed by atoms with Gasteiger partial charge in [-0.15, -0.1) is 0 Å². The first-order valence-electron chi connectivity index (χ1n) is 22.6. The minimum absolute atomic E-state index is 0.262. The number of rotatable bonds is 38. The fourth-order valence-corrected chi connectivity index (χ4v) is 7.79. The Morgan fingerprint density at radius 3 is 1.55 bits per heavy atom. The molecule has 332 valence electrons. The molecule has 56 heavy (non-hydrogen) atoms. The average molecular weight is 822 g/mol. The smallest absolute Gasteiger partial charge is 0.394 e. The third-order valence-corrected chi connectivity index (χ3v) is 11.3. The van der Waals surface area contributed by atoms with E-state index in [9.17, 15) is 33.6 Å². The SMILES string of the molecule is CCCCCCCCCCCCCCCCC/C=C/C(O)C(COC1OC(CO)C(O)C(OS(=O)(=O)O)C1O)NC(=O)CCCCCCCCCCCCCC. The summed E-state index contributed by atoms with van der Waals surface area (Å²) in [7, 11) is -5.08. The lowest BCUT2D eigenvalue weighted by Crippen LogP contribution is -2.61. The van der Waals surface area contributed by atoms with E-state index in [2.05, 4.69) is 23.3 Å². The molecule has 13 heteroatoms. The molecule has 1 aliphatic heterocycles. The van der Waals surface area contributed by atoms with Gasteiger partial charge < -0.3 is 35.2 Å². The first-order chi connectivity index (χ1) is 27.0. The van der Waals surface area contributed by atoms with E-state index in [-0.39, 0.29) is 18.9 Å². The summed E-state index contributed by atoms with van der Waals surface area (Å²) in [6, 6.07) is -0.937. The van der Waals surface area contributed by atoms with Gasteiger partial charge in [-0.25, -0.2) is 4.18 Å². The van der Waals surface area contributed by atoms with E-state index in [1.165, 1.54) is 135 Å². The Bertz CT molecular complexity index is 1060. The van der Waals surface area contributed by atoms with Gasteiger partial charge in [0, 0.05) is 6.42 Å². The van der Waals surface area contributed by atoms with Gasteiger partial charge in [-0.2, -0.15) is 8.42 Å². The number of aliphatic hydroxyl groups excluding tert-OH is 4. The summed E-state index contributed by atoms with van der Waals surface area (Å²) in [6.45, 7) is 3.38. The van der Waals surface area contributed by atoms with E-state index in [1.54, 1.807) is 6.08 Å². The molecule has 0 aromatic carbocycles. The lowest BCUT2D eigenvalue weighted by molar-refractivity contribution is -0.298. The van der Waals surface area contributed by atoms with Crippen LogP contribution in [0.15, 0.2) is 12.2 Å². The van der Waals surface area contributed by atoms with Crippen LogP contribution >= 0.6 is 0 Å². The molecule has 1 saturated heterocycles. The molecule has 0 radical (unpaired) electrons. The second kappa shape index (κ2) is 34.7. The number of amides is 1. The molecule has 7 atom stereocenters. The summed E-state index contributed by atoms with van der Waals surface area (Å²) in [4.78, 5) is 13.0. The maximum Gasteiger partial charge on any atom is 0.397 e. The summed E-state index contributed by atoms with van der Waals surface area (Å²) in [6.07, 6.45) is 28.2. The van der Waals surface area contributed by atoms with Crippen LogP contribution in [0.1, 0.15) is 200 Å².